The number of carbonyl (C=O) groups excluding carboxylic acids is 2. The fraction of sp³-hybridized carbons (Fsp3) is 0.0833. The standard InChI is InChI=1S/C24H19N3O4/c1-15-8-9-16(2)20(14-15)26-23(28)21(17-10-12-19(13-11-17)27(30)31)22(24(26)29)25-18-6-4-3-5-7-18/h3-14,25H,1-2H3. The highest BCUT2D eigenvalue weighted by Crippen LogP contribution is 2.35. The lowest BCUT2D eigenvalue weighted by atomic mass is 10.0. The first-order valence-corrected chi connectivity index (χ1v) is 9.64. The van der Waals surface area contributed by atoms with Crippen molar-refractivity contribution in [1.29, 1.82) is 0 Å². The van der Waals surface area contributed by atoms with E-state index in [0.29, 0.717) is 16.9 Å². The molecule has 7 nitrogen and oxygen atoms in total. The molecular weight excluding hydrogens is 394 g/mol. The smallest absolute Gasteiger partial charge is 0.282 e. The number of non-ortho nitro benzene ring substituents is 1. The Hall–Kier alpha value is -4.26. The number of nitrogens with one attached hydrogen (secondary N) is 1. The molecule has 4 rings (SSSR count). The molecule has 7 heteroatoms. The van der Waals surface area contributed by atoms with Crippen molar-refractivity contribution in [3.63, 3.8) is 0 Å². The summed E-state index contributed by atoms with van der Waals surface area (Å²) >= 11 is 0. The molecule has 0 unspecified atom stereocenters. The zero-order valence-corrected chi connectivity index (χ0v) is 17.0. The van der Waals surface area contributed by atoms with Gasteiger partial charge in [-0.2, -0.15) is 0 Å². The summed E-state index contributed by atoms with van der Waals surface area (Å²) in [6, 6.07) is 20.2. The Balaban J connectivity index is 1.84. The predicted octanol–water partition coefficient (Wildman–Crippen LogP) is 4.61. The molecule has 0 aliphatic carbocycles. The lowest BCUT2D eigenvalue weighted by molar-refractivity contribution is -0.384. The molecule has 0 saturated heterocycles. The number of anilines is 2. The number of aryl methyl sites for hydroxylation is 2. The summed E-state index contributed by atoms with van der Waals surface area (Å²) in [5.74, 6) is -0.957. The Morgan fingerprint density at radius 2 is 1.55 bits per heavy atom. The van der Waals surface area contributed by atoms with Crippen LogP contribution < -0.4 is 10.2 Å². The van der Waals surface area contributed by atoms with Crippen LogP contribution in [0.5, 0.6) is 0 Å². The minimum atomic E-state index is -0.509. The summed E-state index contributed by atoms with van der Waals surface area (Å²) in [6.07, 6.45) is 0. The first kappa shape index (κ1) is 20.0. The first-order valence-electron chi connectivity index (χ1n) is 9.64. The summed E-state index contributed by atoms with van der Waals surface area (Å²) in [4.78, 5) is 38.6. The van der Waals surface area contributed by atoms with Crippen LogP contribution in [0.25, 0.3) is 5.57 Å². The second-order valence-corrected chi connectivity index (χ2v) is 7.28. The Morgan fingerprint density at radius 3 is 2.19 bits per heavy atom. The Morgan fingerprint density at radius 1 is 0.871 bits per heavy atom. The Labute approximate surface area is 178 Å². The van der Waals surface area contributed by atoms with Gasteiger partial charge in [0.15, 0.2) is 0 Å². The lowest BCUT2D eigenvalue weighted by Crippen LogP contribution is -2.33. The third kappa shape index (κ3) is 3.69. The number of hydrogen-bond acceptors (Lipinski definition) is 5. The number of benzene rings is 3. The van der Waals surface area contributed by atoms with E-state index in [-0.39, 0.29) is 17.0 Å². The van der Waals surface area contributed by atoms with Gasteiger partial charge in [-0.1, -0.05) is 30.3 Å². The van der Waals surface area contributed by atoms with Crippen LogP contribution in [0, 0.1) is 24.0 Å². The maximum Gasteiger partial charge on any atom is 0.282 e. The van der Waals surface area contributed by atoms with Gasteiger partial charge in [0.2, 0.25) is 0 Å². The van der Waals surface area contributed by atoms with Gasteiger partial charge >= 0.3 is 0 Å². The highest BCUT2D eigenvalue weighted by Gasteiger charge is 2.41. The number of nitro groups is 1. The second-order valence-electron chi connectivity index (χ2n) is 7.28. The Kier molecular flexibility index (Phi) is 5.09. The number of para-hydroxylation sites is 1. The van der Waals surface area contributed by atoms with Crippen molar-refractivity contribution < 1.29 is 14.5 Å². The zero-order valence-electron chi connectivity index (χ0n) is 17.0. The zero-order chi connectivity index (χ0) is 22.1. The van der Waals surface area contributed by atoms with Gasteiger partial charge in [0.25, 0.3) is 17.5 Å². The highest BCUT2D eigenvalue weighted by atomic mass is 16.6. The number of hydrogen-bond donors (Lipinski definition) is 1. The second kappa shape index (κ2) is 7.87. The summed E-state index contributed by atoms with van der Waals surface area (Å²) < 4.78 is 0. The third-order valence-electron chi connectivity index (χ3n) is 5.10. The molecule has 0 aromatic heterocycles. The largest absolute Gasteiger partial charge is 0.350 e. The van der Waals surface area contributed by atoms with Crippen LogP contribution in [0.3, 0.4) is 0 Å². The molecule has 1 aliphatic heterocycles. The summed E-state index contributed by atoms with van der Waals surface area (Å²) in [5, 5.41) is 14.1. The van der Waals surface area contributed by atoms with Crippen molar-refractivity contribution in [3.8, 4) is 0 Å². The van der Waals surface area contributed by atoms with Crippen LogP contribution in [0.4, 0.5) is 17.1 Å². The van der Waals surface area contributed by atoms with Crippen molar-refractivity contribution >= 4 is 34.4 Å². The molecule has 0 atom stereocenters. The lowest BCUT2D eigenvalue weighted by Gasteiger charge is -2.18. The van der Waals surface area contributed by atoms with E-state index in [1.807, 2.05) is 44.2 Å². The monoisotopic (exact) mass is 413 g/mol. The van der Waals surface area contributed by atoms with Gasteiger partial charge in [0.1, 0.15) is 5.70 Å². The van der Waals surface area contributed by atoms with E-state index in [1.165, 1.54) is 24.3 Å². The molecule has 1 aliphatic rings. The fourth-order valence-corrected chi connectivity index (χ4v) is 3.51. The highest BCUT2D eigenvalue weighted by molar-refractivity contribution is 6.46. The van der Waals surface area contributed by atoms with Gasteiger partial charge in [-0.25, -0.2) is 4.90 Å². The number of amides is 2. The van der Waals surface area contributed by atoms with Crippen LogP contribution in [0.15, 0.2) is 78.5 Å². The van der Waals surface area contributed by atoms with Crippen molar-refractivity contribution in [2.24, 2.45) is 0 Å². The number of rotatable bonds is 5. The van der Waals surface area contributed by atoms with Crippen molar-refractivity contribution in [1.82, 2.24) is 0 Å². The fourth-order valence-electron chi connectivity index (χ4n) is 3.51. The van der Waals surface area contributed by atoms with Crippen LogP contribution in [0.2, 0.25) is 0 Å². The molecule has 2 amide bonds. The summed E-state index contributed by atoms with van der Waals surface area (Å²) in [5.41, 5.74) is 3.51. The Bertz CT molecular complexity index is 1230. The van der Waals surface area contributed by atoms with Crippen LogP contribution in [0.1, 0.15) is 16.7 Å². The van der Waals surface area contributed by atoms with Gasteiger partial charge in [-0.05, 0) is 60.9 Å². The van der Waals surface area contributed by atoms with Crippen molar-refractivity contribution in [2.75, 3.05) is 10.2 Å². The molecule has 31 heavy (non-hydrogen) atoms. The molecule has 0 radical (unpaired) electrons. The minimum Gasteiger partial charge on any atom is -0.350 e. The molecule has 3 aromatic carbocycles. The van der Waals surface area contributed by atoms with Crippen molar-refractivity contribution in [3.05, 3.63) is 105 Å². The maximum atomic E-state index is 13.5. The van der Waals surface area contributed by atoms with Gasteiger partial charge < -0.3 is 5.32 Å². The van der Waals surface area contributed by atoms with E-state index >= 15 is 0 Å². The molecular formula is C24H19N3O4. The van der Waals surface area contributed by atoms with Gasteiger partial charge in [0.05, 0.1) is 16.2 Å². The van der Waals surface area contributed by atoms with Crippen molar-refractivity contribution in [2.45, 2.75) is 13.8 Å². The molecule has 0 bridgehead atoms. The van der Waals surface area contributed by atoms with E-state index < -0.39 is 16.7 Å². The molecule has 3 aromatic rings. The number of carbonyl (C=O) groups is 2. The van der Waals surface area contributed by atoms with E-state index in [2.05, 4.69) is 5.32 Å². The number of imide groups is 1. The molecule has 1 heterocycles. The van der Waals surface area contributed by atoms with Crippen LogP contribution in [-0.4, -0.2) is 16.7 Å². The average molecular weight is 413 g/mol. The van der Waals surface area contributed by atoms with Crippen LogP contribution >= 0.6 is 0 Å². The number of nitrogens with zero attached hydrogens (tertiary/aromatic N) is 2. The van der Waals surface area contributed by atoms with Gasteiger partial charge in [-0.3, -0.25) is 19.7 Å². The summed E-state index contributed by atoms with van der Waals surface area (Å²) in [7, 11) is 0. The van der Waals surface area contributed by atoms with Crippen LogP contribution in [-0.2, 0) is 9.59 Å². The SMILES string of the molecule is Cc1ccc(C)c(N2C(=O)C(Nc3ccccc3)=C(c3ccc([N+](=O)[O-])cc3)C2=O)c1. The molecule has 0 saturated carbocycles. The maximum absolute atomic E-state index is 13.5. The minimum absolute atomic E-state index is 0.0925. The van der Waals surface area contributed by atoms with E-state index in [9.17, 15) is 19.7 Å². The third-order valence-corrected chi connectivity index (χ3v) is 5.10. The normalized spacial score (nSPS) is 13.7. The predicted molar refractivity (Wildman–Crippen MR) is 118 cm³/mol. The number of nitro benzene ring substituents is 1. The van der Waals surface area contributed by atoms with Gasteiger partial charge in [0, 0.05) is 17.8 Å². The summed E-state index contributed by atoms with van der Waals surface area (Å²) in [6.45, 7) is 3.73. The average Bonchev–Trinajstić information content (AvgIpc) is 3.00. The van der Waals surface area contributed by atoms with E-state index in [0.717, 1.165) is 16.0 Å². The van der Waals surface area contributed by atoms with E-state index in [1.54, 1.807) is 18.2 Å². The molecule has 0 spiro atoms. The topological polar surface area (TPSA) is 92.6 Å². The van der Waals surface area contributed by atoms with E-state index in [4.69, 9.17) is 0 Å². The first-order chi connectivity index (χ1) is 14.9. The molecule has 154 valence electrons. The molecule has 1 N–H and O–H groups in total. The van der Waals surface area contributed by atoms with Gasteiger partial charge in [-0.15, -0.1) is 0 Å². The quantitative estimate of drug-likeness (QED) is 0.375. The molecule has 0 fully saturated rings.